The normalized spacial score (nSPS) is 26.3. The van der Waals surface area contributed by atoms with E-state index in [1.165, 1.54) is 6.20 Å². The van der Waals surface area contributed by atoms with Gasteiger partial charge in [0.1, 0.15) is 5.82 Å². The molecule has 0 aliphatic heterocycles. The van der Waals surface area contributed by atoms with Crippen molar-refractivity contribution in [2.45, 2.75) is 50.7 Å². The Balaban J connectivity index is 2.02. The van der Waals surface area contributed by atoms with Gasteiger partial charge < -0.3 is 5.73 Å². The van der Waals surface area contributed by atoms with Crippen molar-refractivity contribution in [3.63, 3.8) is 0 Å². The fourth-order valence-electron chi connectivity index (χ4n) is 2.72. The maximum absolute atomic E-state index is 13.2. The van der Waals surface area contributed by atoms with Crippen molar-refractivity contribution in [2.24, 2.45) is 5.73 Å². The molecule has 1 fully saturated rings. The van der Waals surface area contributed by atoms with E-state index in [1.54, 1.807) is 12.3 Å². The van der Waals surface area contributed by atoms with Crippen molar-refractivity contribution in [1.29, 1.82) is 0 Å². The Labute approximate surface area is 108 Å². The molecule has 1 atom stereocenters. The van der Waals surface area contributed by atoms with Crippen molar-refractivity contribution in [1.82, 2.24) is 9.88 Å². The van der Waals surface area contributed by atoms with Gasteiger partial charge in [-0.3, -0.25) is 9.88 Å². The Morgan fingerprint density at radius 1 is 1.33 bits per heavy atom. The van der Waals surface area contributed by atoms with Crippen LogP contribution < -0.4 is 5.73 Å². The van der Waals surface area contributed by atoms with E-state index in [-0.39, 0.29) is 11.9 Å². The molecule has 4 heteroatoms. The number of hydrogen-bond acceptors (Lipinski definition) is 3. The van der Waals surface area contributed by atoms with Gasteiger partial charge in [-0.15, -0.1) is 0 Å². The second-order valence-corrected chi connectivity index (χ2v) is 5.35. The molecule has 1 aliphatic rings. The molecule has 0 saturated heterocycles. The van der Waals surface area contributed by atoms with Gasteiger partial charge in [-0.2, -0.15) is 0 Å². The van der Waals surface area contributed by atoms with Crippen molar-refractivity contribution in [3.05, 3.63) is 29.8 Å². The van der Waals surface area contributed by atoms with Crippen molar-refractivity contribution < 1.29 is 4.39 Å². The second-order valence-electron chi connectivity index (χ2n) is 5.35. The lowest BCUT2D eigenvalue weighted by Crippen LogP contribution is -2.39. The lowest BCUT2D eigenvalue weighted by molar-refractivity contribution is 0.140. The number of hydrogen-bond donors (Lipinski definition) is 1. The Hall–Kier alpha value is -1.00. The number of aromatic nitrogens is 1. The summed E-state index contributed by atoms with van der Waals surface area (Å²) in [5.74, 6) is -0.265. The molecule has 0 amide bonds. The summed E-state index contributed by atoms with van der Waals surface area (Å²) >= 11 is 0. The van der Waals surface area contributed by atoms with E-state index in [0.717, 1.165) is 31.2 Å². The SMILES string of the molecule is CC(c1cncc(F)c1)N(C)C1CCC(N)CC1. The molecule has 18 heavy (non-hydrogen) atoms. The summed E-state index contributed by atoms with van der Waals surface area (Å²) < 4.78 is 13.2. The van der Waals surface area contributed by atoms with Crippen LogP contribution in [0.25, 0.3) is 0 Å². The molecule has 1 saturated carbocycles. The highest BCUT2D eigenvalue weighted by Crippen LogP contribution is 2.28. The van der Waals surface area contributed by atoms with Crippen LogP contribution in [0.1, 0.15) is 44.2 Å². The van der Waals surface area contributed by atoms with E-state index in [0.29, 0.717) is 12.1 Å². The summed E-state index contributed by atoms with van der Waals surface area (Å²) in [6.45, 7) is 2.10. The van der Waals surface area contributed by atoms with Gasteiger partial charge in [-0.25, -0.2) is 4.39 Å². The average Bonchev–Trinajstić information content (AvgIpc) is 2.38. The van der Waals surface area contributed by atoms with E-state index in [4.69, 9.17) is 5.73 Å². The first-order valence-electron chi connectivity index (χ1n) is 6.66. The third kappa shape index (κ3) is 3.06. The fourth-order valence-corrected chi connectivity index (χ4v) is 2.72. The molecule has 1 aromatic rings. The first-order valence-corrected chi connectivity index (χ1v) is 6.66. The number of rotatable bonds is 3. The van der Waals surface area contributed by atoms with Crippen LogP contribution in [0.3, 0.4) is 0 Å². The smallest absolute Gasteiger partial charge is 0.141 e. The Kier molecular flexibility index (Phi) is 4.30. The van der Waals surface area contributed by atoms with Crippen LogP contribution in [-0.4, -0.2) is 29.0 Å². The maximum Gasteiger partial charge on any atom is 0.141 e. The highest BCUT2D eigenvalue weighted by molar-refractivity contribution is 5.14. The minimum absolute atomic E-state index is 0.188. The van der Waals surface area contributed by atoms with Gasteiger partial charge in [-0.05, 0) is 51.3 Å². The largest absolute Gasteiger partial charge is 0.328 e. The van der Waals surface area contributed by atoms with Crippen LogP contribution in [0, 0.1) is 5.82 Å². The summed E-state index contributed by atoms with van der Waals surface area (Å²) in [6.07, 6.45) is 7.43. The van der Waals surface area contributed by atoms with Gasteiger partial charge in [0.05, 0.1) is 6.20 Å². The van der Waals surface area contributed by atoms with Gasteiger partial charge in [0.2, 0.25) is 0 Å². The predicted molar refractivity (Wildman–Crippen MR) is 70.6 cm³/mol. The topological polar surface area (TPSA) is 42.2 Å². The molecule has 0 radical (unpaired) electrons. The van der Waals surface area contributed by atoms with Crippen molar-refractivity contribution in [3.8, 4) is 0 Å². The van der Waals surface area contributed by atoms with E-state index in [2.05, 4.69) is 23.9 Å². The standard InChI is InChI=1S/C14H22FN3/c1-10(11-7-12(15)9-17-8-11)18(2)14-5-3-13(16)4-6-14/h7-10,13-14H,3-6,16H2,1-2H3. The second kappa shape index (κ2) is 5.76. The van der Waals surface area contributed by atoms with E-state index in [9.17, 15) is 4.39 Å². The quantitative estimate of drug-likeness (QED) is 0.897. The fraction of sp³-hybridized carbons (Fsp3) is 0.643. The van der Waals surface area contributed by atoms with Crippen molar-refractivity contribution >= 4 is 0 Å². The van der Waals surface area contributed by atoms with Gasteiger partial charge in [-0.1, -0.05) is 0 Å². The lowest BCUT2D eigenvalue weighted by atomic mass is 9.90. The van der Waals surface area contributed by atoms with Crippen LogP contribution >= 0.6 is 0 Å². The molecule has 1 unspecified atom stereocenters. The molecule has 1 heterocycles. The third-order valence-electron chi connectivity index (χ3n) is 4.14. The molecule has 2 N–H and O–H groups in total. The monoisotopic (exact) mass is 251 g/mol. The zero-order valence-corrected chi connectivity index (χ0v) is 11.1. The summed E-state index contributed by atoms with van der Waals surface area (Å²) in [4.78, 5) is 6.24. The molecule has 3 nitrogen and oxygen atoms in total. The first kappa shape index (κ1) is 13.4. The molecule has 1 aliphatic carbocycles. The predicted octanol–water partition coefficient (Wildman–Crippen LogP) is 2.48. The Morgan fingerprint density at radius 2 is 2.00 bits per heavy atom. The average molecular weight is 251 g/mol. The molecule has 0 aromatic carbocycles. The Bertz CT molecular complexity index is 388. The van der Waals surface area contributed by atoms with Crippen LogP contribution in [0.4, 0.5) is 4.39 Å². The number of nitrogens with two attached hydrogens (primary N) is 1. The molecular formula is C14H22FN3. The number of halogens is 1. The molecule has 2 rings (SSSR count). The highest BCUT2D eigenvalue weighted by atomic mass is 19.1. The van der Waals surface area contributed by atoms with Crippen LogP contribution in [0.15, 0.2) is 18.5 Å². The van der Waals surface area contributed by atoms with Crippen molar-refractivity contribution in [2.75, 3.05) is 7.05 Å². The van der Waals surface area contributed by atoms with E-state index >= 15 is 0 Å². The van der Waals surface area contributed by atoms with Gasteiger partial charge in [0, 0.05) is 24.3 Å². The highest BCUT2D eigenvalue weighted by Gasteiger charge is 2.25. The summed E-state index contributed by atoms with van der Waals surface area (Å²) in [7, 11) is 2.11. The molecule has 0 bridgehead atoms. The minimum atomic E-state index is -0.265. The maximum atomic E-state index is 13.2. The van der Waals surface area contributed by atoms with Gasteiger partial charge >= 0.3 is 0 Å². The zero-order valence-electron chi connectivity index (χ0n) is 11.1. The number of pyridine rings is 1. The molecule has 1 aromatic heterocycles. The van der Waals surface area contributed by atoms with Gasteiger partial charge in [0.25, 0.3) is 0 Å². The lowest BCUT2D eigenvalue weighted by Gasteiger charge is -2.37. The summed E-state index contributed by atoms with van der Waals surface area (Å²) in [5, 5.41) is 0. The molecular weight excluding hydrogens is 229 g/mol. The zero-order chi connectivity index (χ0) is 13.1. The van der Waals surface area contributed by atoms with Crippen LogP contribution in [-0.2, 0) is 0 Å². The van der Waals surface area contributed by atoms with Crippen LogP contribution in [0.5, 0.6) is 0 Å². The first-order chi connectivity index (χ1) is 8.58. The molecule has 0 spiro atoms. The molecule has 100 valence electrons. The van der Waals surface area contributed by atoms with Crippen LogP contribution in [0.2, 0.25) is 0 Å². The van der Waals surface area contributed by atoms with E-state index in [1.807, 2.05) is 0 Å². The van der Waals surface area contributed by atoms with Gasteiger partial charge in [0.15, 0.2) is 0 Å². The third-order valence-corrected chi connectivity index (χ3v) is 4.14. The summed E-state index contributed by atoms with van der Waals surface area (Å²) in [6, 6.07) is 2.67. The Morgan fingerprint density at radius 3 is 2.61 bits per heavy atom. The number of nitrogens with zero attached hydrogens (tertiary/aromatic N) is 2. The summed E-state index contributed by atoms with van der Waals surface area (Å²) in [5.41, 5.74) is 6.86. The van der Waals surface area contributed by atoms with E-state index < -0.39 is 0 Å². The minimum Gasteiger partial charge on any atom is -0.328 e.